The lowest BCUT2D eigenvalue weighted by molar-refractivity contribution is 0.477. The predicted octanol–water partition coefficient (Wildman–Crippen LogP) is 4.73. The third-order valence-corrected chi connectivity index (χ3v) is 5.72. The molecular weight excluding hydrogens is 376 g/mol. The molecule has 0 N–H and O–H groups in total. The SMILES string of the molecule is CC(C)n1nnnc1Sc1ncnc2scc(-c3ccc(Cl)cc3)c12. The second-order valence-corrected chi connectivity index (χ2v) is 7.87. The van der Waals surface area contributed by atoms with Crippen molar-refractivity contribution in [3.8, 4) is 11.1 Å². The molecule has 0 saturated heterocycles. The van der Waals surface area contributed by atoms with E-state index in [9.17, 15) is 0 Å². The van der Waals surface area contributed by atoms with Crippen LogP contribution < -0.4 is 0 Å². The van der Waals surface area contributed by atoms with Crippen molar-refractivity contribution in [3.63, 3.8) is 0 Å². The molecule has 0 aliphatic carbocycles. The van der Waals surface area contributed by atoms with E-state index in [-0.39, 0.29) is 6.04 Å². The third kappa shape index (κ3) is 3.12. The van der Waals surface area contributed by atoms with Crippen LogP contribution in [0, 0.1) is 0 Å². The second kappa shape index (κ2) is 6.70. The lowest BCUT2D eigenvalue weighted by Gasteiger charge is -2.08. The number of thiophene rings is 1. The van der Waals surface area contributed by atoms with Crippen molar-refractivity contribution in [1.29, 1.82) is 0 Å². The molecule has 4 aromatic rings. The molecule has 0 radical (unpaired) electrons. The van der Waals surface area contributed by atoms with E-state index in [0.717, 1.165) is 26.4 Å². The Balaban J connectivity index is 1.83. The lowest BCUT2D eigenvalue weighted by Crippen LogP contribution is -2.04. The van der Waals surface area contributed by atoms with Gasteiger partial charge in [-0.15, -0.1) is 16.4 Å². The van der Waals surface area contributed by atoms with Crippen LogP contribution in [0.1, 0.15) is 19.9 Å². The number of rotatable bonds is 4. The summed E-state index contributed by atoms with van der Waals surface area (Å²) in [6.07, 6.45) is 1.58. The summed E-state index contributed by atoms with van der Waals surface area (Å²) in [4.78, 5) is 9.82. The summed E-state index contributed by atoms with van der Waals surface area (Å²) in [5, 5.41) is 17.3. The molecule has 3 heterocycles. The molecule has 0 amide bonds. The van der Waals surface area contributed by atoms with Crippen molar-refractivity contribution in [3.05, 3.63) is 41.0 Å². The van der Waals surface area contributed by atoms with E-state index in [1.165, 1.54) is 11.8 Å². The highest BCUT2D eigenvalue weighted by Crippen LogP contribution is 2.39. The highest BCUT2D eigenvalue weighted by molar-refractivity contribution is 7.99. The third-order valence-electron chi connectivity index (χ3n) is 3.63. The van der Waals surface area contributed by atoms with Gasteiger partial charge in [-0.2, -0.15) is 0 Å². The van der Waals surface area contributed by atoms with Crippen LogP contribution in [0.5, 0.6) is 0 Å². The van der Waals surface area contributed by atoms with Crippen molar-refractivity contribution in [1.82, 2.24) is 30.2 Å². The molecule has 0 spiro atoms. The van der Waals surface area contributed by atoms with Crippen LogP contribution in [-0.2, 0) is 0 Å². The van der Waals surface area contributed by atoms with Crippen molar-refractivity contribution >= 4 is 44.9 Å². The van der Waals surface area contributed by atoms with Crippen LogP contribution in [0.2, 0.25) is 5.02 Å². The maximum Gasteiger partial charge on any atom is 0.215 e. The van der Waals surface area contributed by atoms with Gasteiger partial charge in [0, 0.05) is 16.0 Å². The molecule has 0 atom stereocenters. The largest absolute Gasteiger partial charge is 0.229 e. The molecule has 0 aliphatic heterocycles. The Hall–Kier alpha value is -2.03. The maximum atomic E-state index is 6.01. The van der Waals surface area contributed by atoms with Gasteiger partial charge in [0.05, 0.1) is 11.4 Å². The van der Waals surface area contributed by atoms with Crippen molar-refractivity contribution in [2.45, 2.75) is 30.1 Å². The Bertz CT molecular complexity index is 1020. The number of nitrogens with zero attached hydrogens (tertiary/aromatic N) is 6. The molecule has 0 unspecified atom stereocenters. The summed E-state index contributed by atoms with van der Waals surface area (Å²) < 4.78 is 1.78. The maximum absolute atomic E-state index is 6.01. The summed E-state index contributed by atoms with van der Waals surface area (Å²) in [6.45, 7) is 4.08. The minimum atomic E-state index is 0.174. The fraction of sp³-hybridized carbons (Fsp3) is 0.188. The van der Waals surface area contributed by atoms with Gasteiger partial charge in [-0.3, -0.25) is 0 Å². The molecule has 0 aliphatic rings. The highest BCUT2D eigenvalue weighted by Gasteiger charge is 2.18. The van der Waals surface area contributed by atoms with Gasteiger partial charge in [0.2, 0.25) is 5.16 Å². The fourth-order valence-corrected chi connectivity index (χ4v) is 4.54. The van der Waals surface area contributed by atoms with Crippen LogP contribution in [-0.4, -0.2) is 30.2 Å². The van der Waals surface area contributed by atoms with Gasteiger partial charge < -0.3 is 0 Å². The molecule has 0 saturated carbocycles. The zero-order valence-electron chi connectivity index (χ0n) is 13.4. The number of hydrogen-bond donors (Lipinski definition) is 0. The topological polar surface area (TPSA) is 69.4 Å². The van der Waals surface area contributed by atoms with Gasteiger partial charge >= 0.3 is 0 Å². The van der Waals surface area contributed by atoms with Crippen LogP contribution >= 0.6 is 34.7 Å². The molecule has 3 aromatic heterocycles. The molecule has 0 fully saturated rings. The summed E-state index contributed by atoms with van der Waals surface area (Å²) in [7, 11) is 0. The summed E-state index contributed by atoms with van der Waals surface area (Å²) in [6, 6.07) is 7.95. The number of aromatic nitrogens is 6. The quantitative estimate of drug-likeness (QED) is 0.471. The first kappa shape index (κ1) is 16.4. The number of tetrazole rings is 1. The van der Waals surface area contributed by atoms with E-state index >= 15 is 0 Å². The number of fused-ring (bicyclic) bond motifs is 1. The van der Waals surface area contributed by atoms with E-state index in [0.29, 0.717) is 10.2 Å². The average Bonchev–Trinajstić information content (AvgIpc) is 3.23. The van der Waals surface area contributed by atoms with Gasteiger partial charge in [0.15, 0.2) is 0 Å². The van der Waals surface area contributed by atoms with Gasteiger partial charge in [-0.1, -0.05) is 23.7 Å². The van der Waals surface area contributed by atoms with Gasteiger partial charge in [0.25, 0.3) is 0 Å². The number of hydrogen-bond acceptors (Lipinski definition) is 7. The molecule has 6 nitrogen and oxygen atoms in total. The lowest BCUT2D eigenvalue weighted by atomic mass is 10.1. The second-order valence-electron chi connectivity index (χ2n) is 5.62. The van der Waals surface area contributed by atoms with E-state index in [2.05, 4.69) is 30.9 Å². The average molecular weight is 389 g/mol. The molecule has 1 aromatic carbocycles. The molecule has 126 valence electrons. The summed E-state index contributed by atoms with van der Waals surface area (Å²) in [5.41, 5.74) is 2.17. The van der Waals surface area contributed by atoms with Gasteiger partial charge in [-0.25, -0.2) is 14.6 Å². The first-order chi connectivity index (χ1) is 12.1. The molecule has 9 heteroatoms. The zero-order chi connectivity index (χ0) is 17.4. The predicted molar refractivity (Wildman–Crippen MR) is 100 cm³/mol. The van der Waals surface area contributed by atoms with Crippen molar-refractivity contribution < 1.29 is 0 Å². The zero-order valence-corrected chi connectivity index (χ0v) is 15.8. The summed E-state index contributed by atoms with van der Waals surface area (Å²) >= 11 is 9.06. The Morgan fingerprint density at radius 1 is 1.16 bits per heavy atom. The Labute approximate surface area is 157 Å². The van der Waals surface area contributed by atoms with Crippen LogP contribution in [0.4, 0.5) is 0 Å². The minimum Gasteiger partial charge on any atom is -0.229 e. The van der Waals surface area contributed by atoms with E-state index in [1.54, 1.807) is 22.3 Å². The Morgan fingerprint density at radius 3 is 2.72 bits per heavy atom. The highest BCUT2D eigenvalue weighted by atomic mass is 35.5. The summed E-state index contributed by atoms with van der Waals surface area (Å²) in [5.74, 6) is 0. The minimum absolute atomic E-state index is 0.174. The van der Waals surface area contributed by atoms with Crippen LogP contribution in [0.3, 0.4) is 0 Å². The normalized spacial score (nSPS) is 11.5. The first-order valence-electron chi connectivity index (χ1n) is 7.57. The molecule has 25 heavy (non-hydrogen) atoms. The van der Waals surface area contributed by atoms with Crippen molar-refractivity contribution in [2.75, 3.05) is 0 Å². The standard InChI is InChI=1S/C16H13ClN6S2/c1-9(2)23-16(20-21-22-23)25-15-13-12(7-24-14(13)18-8-19-15)10-3-5-11(17)6-4-10/h3-9H,1-2H3. The van der Waals surface area contributed by atoms with Crippen molar-refractivity contribution in [2.24, 2.45) is 0 Å². The Morgan fingerprint density at radius 2 is 1.96 bits per heavy atom. The van der Waals surface area contributed by atoms with Crippen LogP contribution in [0.15, 0.2) is 46.2 Å². The number of halogens is 1. The first-order valence-corrected chi connectivity index (χ1v) is 9.64. The van der Waals surface area contributed by atoms with E-state index in [1.807, 2.05) is 38.1 Å². The smallest absolute Gasteiger partial charge is 0.215 e. The van der Waals surface area contributed by atoms with Gasteiger partial charge in [0.1, 0.15) is 16.2 Å². The fourth-order valence-electron chi connectivity index (χ4n) is 2.43. The molecular formula is C16H13ClN6S2. The number of benzene rings is 1. The van der Waals surface area contributed by atoms with E-state index < -0.39 is 0 Å². The van der Waals surface area contributed by atoms with Crippen LogP contribution in [0.25, 0.3) is 21.3 Å². The van der Waals surface area contributed by atoms with Gasteiger partial charge in [-0.05, 0) is 53.7 Å². The molecule has 4 rings (SSSR count). The molecule has 0 bridgehead atoms. The van der Waals surface area contributed by atoms with E-state index in [4.69, 9.17) is 11.6 Å². The monoisotopic (exact) mass is 388 g/mol. The Kier molecular flexibility index (Phi) is 4.41.